The standard InChI is InChI=1S/C9H11NO2/c1-7(9(11)6-10)5-8-3-2-4-12-8/h2-5H,6,10H2,1H3/b7-5+. The molecule has 0 spiro atoms. The van der Waals surface area contributed by atoms with Gasteiger partial charge < -0.3 is 10.2 Å². The molecule has 1 aromatic heterocycles. The van der Waals surface area contributed by atoms with Crippen LogP contribution < -0.4 is 5.73 Å². The Hall–Kier alpha value is -1.35. The van der Waals surface area contributed by atoms with E-state index < -0.39 is 0 Å². The molecule has 0 aromatic carbocycles. The zero-order valence-electron chi connectivity index (χ0n) is 6.91. The minimum atomic E-state index is -0.0635. The van der Waals surface area contributed by atoms with Crippen molar-refractivity contribution >= 4 is 11.9 Å². The third kappa shape index (κ3) is 2.07. The number of rotatable bonds is 3. The van der Waals surface area contributed by atoms with Crippen molar-refractivity contribution in [3.63, 3.8) is 0 Å². The highest BCUT2D eigenvalue weighted by Crippen LogP contribution is 2.06. The highest BCUT2D eigenvalue weighted by molar-refractivity contribution is 5.99. The van der Waals surface area contributed by atoms with Crippen LogP contribution in [0.25, 0.3) is 6.08 Å². The molecule has 1 heterocycles. The topological polar surface area (TPSA) is 56.2 Å². The lowest BCUT2D eigenvalue weighted by atomic mass is 10.2. The summed E-state index contributed by atoms with van der Waals surface area (Å²) in [5.74, 6) is 0.612. The van der Waals surface area contributed by atoms with Crippen LogP contribution in [0, 0.1) is 0 Å². The summed E-state index contributed by atoms with van der Waals surface area (Å²) in [4.78, 5) is 11.0. The van der Waals surface area contributed by atoms with E-state index in [1.54, 1.807) is 31.4 Å². The van der Waals surface area contributed by atoms with Crippen LogP contribution in [-0.2, 0) is 4.79 Å². The first kappa shape index (κ1) is 8.74. The quantitative estimate of drug-likeness (QED) is 0.685. The number of carbonyl (C=O) groups excluding carboxylic acids is 1. The number of furan rings is 1. The zero-order chi connectivity index (χ0) is 8.97. The van der Waals surface area contributed by atoms with Gasteiger partial charge in [-0.25, -0.2) is 0 Å². The molecule has 0 fully saturated rings. The third-order valence-electron chi connectivity index (χ3n) is 1.53. The molecule has 0 unspecified atom stereocenters. The van der Waals surface area contributed by atoms with E-state index in [0.29, 0.717) is 11.3 Å². The molecule has 0 amide bonds. The second-order valence-corrected chi connectivity index (χ2v) is 2.47. The van der Waals surface area contributed by atoms with E-state index in [-0.39, 0.29) is 12.3 Å². The number of ketones is 1. The average molecular weight is 165 g/mol. The summed E-state index contributed by atoms with van der Waals surface area (Å²) >= 11 is 0. The fraction of sp³-hybridized carbons (Fsp3) is 0.222. The minimum absolute atomic E-state index is 0.0447. The van der Waals surface area contributed by atoms with E-state index in [9.17, 15) is 4.79 Å². The van der Waals surface area contributed by atoms with Crippen molar-refractivity contribution in [1.82, 2.24) is 0 Å². The number of hydrogen-bond acceptors (Lipinski definition) is 3. The molecule has 64 valence electrons. The SMILES string of the molecule is C/C(=C\c1ccco1)C(=O)CN. The van der Waals surface area contributed by atoms with E-state index in [2.05, 4.69) is 0 Å². The van der Waals surface area contributed by atoms with Crippen molar-refractivity contribution in [3.05, 3.63) is 29.7 Å². The fourth-order valence-electron chi connectivity index (χ4n) is 0.828. The molecule has 1 rings (SSSR count). The summed E-state index contributed by atoms with van der Waals surface area (Å²) < 4.78 is 5.03. The van der Waals surface area contributed by atoms with Gasteiger partial charge in [-0.15, -0.1) is 0 Å². The summed E-state index contributed by atoms with van der Waals surface area (Å²) in [6.45, 7) is 1.76. The van der Waals surface area contributed by atoms with Crippen molar-refractivity contribution in [2.24, 2.45) is 5.73 Å². The monoisotopic (exact) mass is 165 g/mol. The van der Waals surface area contributed by atoms with E-state index in [4.69, 9.17) is 10.2 Å². The maximum Gasteiger partial charge on any atom is 0.172 e. The van der Waals surface area contributed by atoms with Gasteiger partial charge >= 0.3 is 0 Å². The predicted molar refractivity (Wildman–Crippen MR) is 46.4 cm³/mol. The zero-order valence-corrected chi connectivity index (χ0v) is 6.91. The Morgan fingerprint density at radius 2 is 2.50 bits per heavy atom. The molecule has 0 aliphatic carbocycles. The van der Waals surface area contributed by atoms with Gasteiger partial charge in [-0.1, -0.05) is 0 Å². The minimum Gasteiger partial charge on any atom is -0.465 e. The van der Waals surface area contributed by atoms with Crippen molar-refractivity contribution < 1.29 is 9.21 Å². The van der Waals surface area contributed by atoms with Crippen molar-refractivity contribution in [2.75, 3.05) is 6.54 Å². The van der Waals surface area contributed by atoms with Crippen molar-refractivity contribution in [2.45, 2.75) is 6.92 Å². The summed E-state index contributed by atoms with van der Waals surface area (Å²) in [5.41, 5.74) is 5.80. The first-order chi connectivity index (χ1) is 5.74. The van der Waals surface area contributed by atoms with E-state index in [1.165, 1.54) is 0 Å². The Morgan fingerprint density at radius 3 is 3.00 bits per heavy atom. The lowest BCUT2D eigenvalue weighted by Crippen LogP contribution is -2.13. The molecule has 12 heavy (non-hydrogen) atoms. The van der Waals surface area contributed by atoms with Crippen molar-refractivity contribution in [3.8, 4) is 0 Å². The van der Waals surface area contributed by atoms with Gasteiger partial charge in [0.1, 0.15) is 5.76 Å². The molecule has 0 atom stereocenters. The summed E-state index contributed by atoms with van der Waals surface area (Å²) in [6, 6.07) is 3.55. The van der Waals surface area contributed by atoms with Gasteiger partial charge in [0.05, 0.1) is 12.8 Å². The second kappa shape index (κ2) is 3.88. The Kier molecular flexibility index (Phi) is 2.82. The predicted octanol–water partition coefficient (Wildman–Crippen LogP) is 1.21. The van der Waals surface area contributed by atoms with Crippen LogP contribution in [0.1, 0.15) is 12.7 Å². The molecule has 1 aromatic rings. The summed E-state index contributed by atoms with van der Waals surface area (Å²) in [5, 5.41) is 0. The molecule has 0 bridgehead atoms. The largest absolute Gasteiger partial charge is 0.465 e. The van der Waals surface area contributed by atoms with Gasteiger partial charge in [-0.3, -0.25) is 4.79 Å². The molecule has 0 radical (unpaired) electrons. The molecule has 3 nitrogen and oxygen atoms in total. The highest BCUT2D eigenvalue weighted by Gasteiger charge is 2.01. The third-order valence-corrected chi connectivity index (χ3v) is 1.53. The van der Waals surface area contributed by atoms with Crippen LogP contribution in [-0.4, -0.2) is 12.3 Å². The molecule has 0 saturated heterocycles. The molecular formula is C9H11NO2. The number of carbonyl (C=O) groups is 1. The van der Waals surface area contributed by atoms with Gasteiger partial charge in [-0.2, -0.15) is 0 Å². The molecular weight excluding hydrogens is 154 g/mol. The van der Waals surface area contributed by atoms with Crippen LogP contribution >= 0.6 is 0 Å². The Labute approximate surface area is 70.9 Å². The Morgan fingerprint density at radius 1 is 1.75 bits per heavy atom. The number of nitrogens with two attached hydrogens (primary N) is 1. The fourth-order valence-corrected chi connectivity index (χ4v) is 0.828. The normalized spacial score (nSPS) is 11.7. The lowest BCUT2D eigenvalue weighted by Gasteiger charge is -1.94. The average Bonchev–Trinajstić information content (AvgIpc) is 2.55. The first-order valence-corrected chi connectivity index (χ1v) is 3.69. The molecule has 0 aliphatic rings. The summed E-state index contributed by atoms with van der Waals surface area (Å²) in [6.07, 6.45) is 3.24. The maximum absolute atomic E-state index is 11.0. The van der Waals surface area contributed by atoms with Crippen LogP contribution in [0.4, 0.5) is 0 Å². The van der Waals surface area contributed by atoms with Gasteiger partial charge in [0.15, 0.2) is 5.78 Å². The molecule has 2 N–H and O–H groups in total. The van der Waals surface area contributed by atoms with Gasteiger partial charge in [0.2, 0.25) is 0 Å². The van der Waals surface area contributed by atoms with E-state index >= 15 is 0 Å². The lowest BCUT2D eigenvalue weighted by molar-refractivity contribution is -0.114. The first-order valence-electron chi connectivity index (χ1n) is 3.69. The summed E-state index contributed by atoms with van der Waals surface area (Å²) in [7, 11) is 0. The Bertz CT molecular complexity index is 285. The highest BCUT2D eigenvalue weighted by atomic mass is 16.3. The second-order valence-electron chi connectivity index (χ2n) is 2.47. The number of hydrogen-bond donors (Lipinski definition) is 1. The smallest absolute Gasteiger partial charge is 0.172 e. The number of Topliss-reactive ketones (excluding diaryl/α,β-unsaturated/α-hetero) is 1. The van der Waals surface area contributed by atoms with E-state index in [1.807, 2.05) is 0 Å². The van der Waals surface area contributed by atoms with Crippen LogP contribution in [0.2, 0.25) is 0 Å². The van der Waals surface area contributed by atoms with Crippen molar-refractivity contribution in [1.29, 1.82) is 0 Å². The van der Waals surface area contributed by atoms with Crippen LogP contribution in [0.15, 0.2) is 28.4 Å². The maximum atomic E-state index is 11.0. The van der Waals surface area contributed by atoms with E-state index in [0.717, 1.165) is 0 Å². The van der Waals surface area contributed by atoms with Gasteiger partial charge in [0.25, 0.3) is 0 Å². The Balaban J connectivity index is 2.76. The van der Waals surface area contributed by atoms with Crippen LogP contribution in [0.3, 0.4) is 0 Å². The van der Waals surface area contributed by atoms with Gasteiger partial charge in [-0.05, 0) is 30.7 Å². The molecule has 0 aliphatic heterocycles. The van der Waals surface area contributed by atoms with Crippen LogP contribution in [0.5, 0.6) is 0 Å². The molecule has 3 heteroatoms. The van der Waals surface area contributed by atoms with Gasteiger partial charge in [0, 0.05) is 0 Å². The molecule has 0 saturated carbocycles.